The van der Waals surface area contributed by atoms with E-state index in [1.54, 1.807) is 24.3 Å². The van der Waals surface area contributed by atoms with Crippen molar-refractivity contribution in [3.63, 3.8) is 0 Å². The molecule has 1 fully saturated rings. The van der Waals surface area contributed by atoms with Crippen molar-refractivity contribution in [3.8, 4) is 0 Å². The minimum absolute atomic E-state index is 0.155. The molecule has 1 heterocycles. The molecular weight excluding hydrogens is 374 g/mol. The van der Waals surface area contributed by atoms with Crippen LogP contribution in [0.2, 0.25) is 5.02 Å². The summed E-state index contributed by atoms with van der Waals surface area (Å²) in [5.41, 5.74) is 1.48. The number of nitrogens with one attached hydrogen (secondary N) is 3. The van der Waals surface area contributed by atoms with Crippen molar-refractivity contribution in [2.45, 2.75) is 25.3 Å². The van der Waals surface area contributed by atoms with E-state index in [0.717, 1.165) is 31.5 Å². The summed E-state index contributed by atoms with van der Waals surface area (Å²) >= 11 is 5.89. The fourth-order valence-electron chi connectivity index (χ4n) is 3.39. The predicted molar refractivity (Wildman–Crippen MR) is 111 cm³/mol. The number of amides is 2. The van der Waals surface area contributed by atoms with Crippen molar-refractivity contribution in [2.24, 2.45) is 5.92 Å². The minimum atomic E-state index is -0.632. The first-order valence-electron chi connectivity index (χ1n) is 9.70. The van der Waals surface area contributed by atoms with Gasteiger partial charge in [0.05, 0.1) is 0 Å². The van der Waals surface area contributed by atoms with Crippen LogP contribution in [-0.2, 0) is 11.2 Å². The Bertz CT molecular complexity index is 774. The van der Waals surface area contributed by atoms with Crippen LogP contribution in [0.15, 0.2) is 54.6 Å². The van der Waals surface area contributed by atoms with E-state index in [2.05, 4.69) is 16.0 Å². The third-order valence-electron chi connectivity index (χ3n) is 5.03. The van der Waals surface area contributed by atoms with E-state index in [9.17, 15) is 9.59 Å². The molecule has 0 saturated carbocycles. The second kappa shape index (κ2) is 10.2. The summed E-state index contributed by atoms with van der Waals surface area (Å²) in [6, 6.07) is 15.7. The Kier molecular flexibility index (Phi) is 7.46. The molecule has 3 rings (SSSR count). The van der Waals surface area contributed by atoms with Gasteiger partial charge >= 0.3 is 0 Å². The molecular formula is C22H26ClN3O2. The first kappa shape index (κ1) is 20.4. The lowest BCUT2D eigenvalue weighted by Crippen LogP contribution is -2.48. The molecule has 3 N–H and O–H groups in total. The molecule has 2 aromatic rings. The van der Waals surface area contributed by atoms with Gasteiger partial charge in [-0.2, -0.15) is 0 Å². The number of hydrogen-bond acceptors (Lipinski definition) is 3. The zero-order valence-corrected chi connectivity index (χ0v) is 16.5. The fraction of sp³-hybridized carbons (Fsp3) is 0.364. The zero-order chi connectivity index (χ0) is 19.8. The van der Waals surface area contributed by atoms with E-state index in [4.69, 9.17) is 11.6 Å². The molecule has 0 aliphatic carbocycles. The van der Waals surface area contributed by atoms with E-state index < -0.39 is 6.04 Å². The van der Waals surface area contributed by atoms with Gasteiger partial charge in [-0.25, -0.2) is 0 Å². The molecule has 2 unspecified atom stereocenters. The second-order valence-electron chi connectivity index (χ2n) is 7.16. The maximum atomic E-state index is 12.8. The van der Waals surface area contributed by atoms with Gasteiger partial charge in [-0.1, -0.05) is 41.9 Å². The van der Waals surface area contributed by atoms with Crippen LogP contribution in [-0.4, -0.2) is 37.5 Å². The van der Waals surface area contributed by atoms with Crippen molar-refractivity contribution < 1.29 is 9.59 Å². The summed E-state index contributed by atoms with van der Waals surface area (Å²) in [4.78, 5) is 25.4. The van der Waals surface area contributed by atoms with Crippen LogP contribution in [0.1, 0.15) is 28.8 Å². The molecule has 1 aliphatic heterocycles. The van der Waals surface area contributed by atoms with Gasteiger partial charge in [0, 0.05) is 23.6 Å². The van der Waals surface area contributed by atoms with Gasteiger partial charge in [0.25, 0.3) is 5.91 Å². The van der Waals surface area contributed by atoms with Crippen LogP contribution >= 0.6 is 11.6 Å². The quantitative estimate of drug-likeness (QED) is 0.639. The first-order chi connectivity index (χ1) is 13.6. The summed E-state index contributed by atoms with van der Waals surface area (Å²) in [5.74, 6) is 0.168. The van der Waals surface area contributed by atoms with Crippen LogP contribution in [0.3, 0.4) is 0 Å². The van der Waals surface area contributed by atoms with Gasteiger partial charge < -0.3 is 16.0 Å². The molecule has 1 aliphatic rings. The van der Waals surface area contributed by atoms with Crippen LogP contribution in [0, 0.1) is 5.92 Å². The second-order valence-corrected chi connectivity index (χ2v) is 7.60. The standard InChI is InChI=1S/C22H26ClN3O2/c23-19-8-6-18(7-9-19)21(27)26-20(14-16-4-2-1-3-5-16)22(28)25-13-11-17-10-12-24-15-17/h1-9,17,20,24H,10-15H2,(H,25,28)(H,26,27). The molecule has 148 valence electrons. The highest BCUT2D eigenvalue weighted by Gasteiger charge is 2.22. The monoisotopic (exact) mass is 399 g/mol. The minimum Gasteiger partial charge on any atom is -0.354 e. The van der Waals surface area contributed by atoms with Gasteiger partial charge in [-0.15, -0.1) is 0 Å². The first-order valence-corrected chi connectivity index (χ1v) is 10.1. The highest BCUT2D eigenvalue weighted by molar-refractivity contribution is 6.30. The summed E-state index contributed by atoms with van der Waals surface area (Å²) < 4.78 is 0. The fourth-order valence-corrected chi connectivity index (χ4v) is 3.51. The average Bonchev–Trinajstić information content (AvgIpc) is 3.22. The topological polar surface area (TPSA) is 70.2 Å². The van der Waals surface area contributed by atoms with Crippen molar-refractivity contribution in [1.82, 2.24) is 16.0 Å². The maximum Gasteiger partial charge on any atom is 0.251 e. The third-order valence-corrected chi connectivity index (χ3v) is 5.28. The number of carbonyl (C=O) groups excluding carboxylic acids is 2. The van der Waals surface area contributed by atoms with E-state index >= 15 is 0 Å². The Morgan fingerprint density at radius 3 is 2.54 bits per heavy atom. The highest BCUT2D eigenvalue weighted by atomic mass is 35.5. The van der Waals surface area contributed by atoms with E-state index in [1.165, 1.54) is 0 Å². The largest absolute Gasteiger partial charge is 0.354 e. The van der Waals surface area contributed by atoms with Gasteiger partial charge in [0.15, 0.2) is 0 Å². The number of rotatable bonds is 8. The lowest BCUT2D eigenvalue weighted by molar-refractivity contribution is -0.123. The molecule has 1 saturated heterocycles. The van der Waals surface area contributed by atoms with Crippen molar-refractivity contribution in [3.05, 3.63) is 70.7 Å². The molecule has 2 amide bonds. The molecule has 2 aromatic carbocycles. The van der Waals surface area contributed by atoms with Crippen LogP contribution in [0.4, 0.5) is 0 Å². The van der Waals surface area contributed by atoms with Crippen LogP contribution in [0.25, 0.3) is 0 Å². The van der Waals surface area contributed by atoms with Crippen molar-refractivity contribution in [2.75, 3.05) is 19.6 Å². The SMILES string of the molecule is O=C(NC(Cc1ccccc1)C(=O)NCCC1CCNC1)c1ccc(Cl)cc1. The molecule has 0 aromatic heterocycles. The van der Waals surface area contributed by atoms with E-state index in [-0.39, 0.29) is 11.8 Å². The normalized spacial score (nSPS) is 17.1. The summed E-state index contributed by atoms with van der Waals surface area (Å²) in [5, 5.41) is 9.77. The molecule has 0 radical (unpaired) electrons. The summed E-state index contributed by atoms with van der Waals surface area (Å²) in [7, 11) is 0. The number of carbonyl (C=O) groups is 2. The third kappa shape index (κ3) is 6.08. The Morgan fingerprint density at radius 1 is 1.11 bits per heavy atom. The van der Waals surface area contributed by atoms with E-state index in [1.807, 2.05) is 30.3 Å². The van der Waals surface area contributed by atoms with Gasteiger partial charge in [-0.05, 0) is 61.7 Å². The molecule has 2 atom stereocenters. The summed E-state index contributed by atoms with van der Waals surface area (Å²) in [6.07, 6.45) is 2.54. The Morgan fingerprint density at radius 2 is 1.86 bits per heavy atom. The van der Waals surface area contributed by atoms with E-state index in [0.29, 0.717) is 29.5 Å². The van der Waals surface area contributed by atoms with Crippen molar-refractivity contribution in [1.29, 1.82) is 0 Å². The number of benzene rings is 2. The van der Waals surface area contributed by atoms with Crippen molar-refractivity contribution >= 4 is 23.4 Å². The molecule has 5 nitrogen and oxygen atoms in total. The smallest absolute Gasteiger partial charge is 0.251 e. The average molecular weight is 400 g/mol. The maximum absolute atomic E-state index is 12.8. The van der Waals surface area contributed by atoms with Gasteiger partial charge in [-0.3, -0.25) is 9.59 Å². The molecule has 0 bridgehead atoms. The lowest BCUT2D eigenvalue weighted by atomic mass is 10.0. The number of halogens is 1. The van der Waals surface area contributed by atoms with Crippen LogP contribution in [0.5, 0.6) is 0 Å². The lowest BCUT2D eigenvalue weighted by Gasteiger charge is -2.19. The Labute approximate surface area is 170 Å². The number of hydrogen-bond donors (Lipinski definition) is 3. The Balaban J connectivity index is 1.62. The summed E-state index contributed by atoms with van der Waals surface area (Å²) in [6.45, 7) is 2.68. The van der Waals surface area contributed by atoms with Gasteiger partial charge in [0.1, 0.15) is 6.04 Å². The molecule has 28 heavy (non-hydrogen) atoms. The molecule has 0 spiro atoms. The van der Waals surface area contributed by atoms with Gasteiger partial charge in [0.2, 0.25) is 5.91 Å². The predicted octanol–water partition coefficient (Wildman–Crippen LogP) is 2.80. The molecule has 6 heteroatoms. The van der Waals surface area contributed by atoms with Crippen LogP contribution < -0.4 is 16.0 Å². The highest BCUT2D eigenvalue weighted by Crippen LogP contribution is 2.12. The Hall–Kier alpha value is -2.37. The zero-order valence-electron chi connectivity index (χ0n) is 15.8.